The minimum atomic E-state index is -0.597. The van der Waals surface area contributed by atoms with E-state index in [1.54, 1.807) is 24.4 Å². The van der Waals surface area contributed by atoms with Crippen LogP contribution in [0.2, 0.25) is 0 Å². The van der Waals surface area contributed by atoms with E-state index in [0.717, 1.165) is 11.3 Å². The Morgan fingerprint density at radius 1 is 1.12 bits per heavy atom. The lowest BCUT2D eigenvalue weighted by molar-refractivity contribution is 0.0695. The molecule has 0 atom stereocenters. The molecular formula is C19H14BrNO4. The number of pyridine rings is 1. The molecule has 0 aliphatic carbocycles. The van der Waals surface area contributed by atoms with Crippen LogP contribution < -0.4 is 9.47 Å². The van der Waals surface area contributed by atoms with Crippen molar-refractivity contribution in [1.82, 2.24) is 4.98 Å². The summed E-state index contributed by atoms with van der Waals surface area (Å²) in [7, 11) is 1.52. The van der Waals surface area contributed by atoms with E-state index in [0.29, 0.717) is 16.2 Å². The molecule has 126 valence electrons. The van der Waals surface area contributed by atoms with Crippen LogP contribution in [0.1, 0.15) is 21.8 Å². The summed E-state index contributed by atoms with van der Waals surface area (Å²) < 4.78 is 16.3. The van der Waals surface area contributed by atoms with Crippen LogP contribution in [0.5, 0.6) is 11.5 Å². The van der Waals surface area contributed by atoms with Crippen molar-refractivity contribution < 1.29 is 18.7 Å². The van der Waals surface area contributed by atoms with Crippen molar-refractivity contribution in [3.8, 4) is 11.5 Å². The Labute approximate surface area is 153 Å². The van der Waals surface area contributed by atoms with E-state index in [1.807, 2.05) is 36.4 Å². The second kappa shape index (κ2) is 7.81. The molecule has 0 N–H and O–H groups in total. The van der Waals surface area contributed by atoms with Crippen LogP contribution in [0.25, 0.3) is 12.2 Å². The van der Waals surface area contributed by atoms with Gasteiger partial charge in [0.1, 0.15) is 0 Å². The largest absolute Gasteiger partial charge is 0.493 e. The third-order valence-corrected chi connectivity index (χ3v) is 3.73. The summed E-state index contributed by atoms with van der Waals surface area (Å²) in [5.74, 6) is 0.269. The number of nitrogens with zero attached hydrogens (tertiary/aromatic N) is 1. The molecule has 0 saturated carbocycles. The summed E-state index contributed by atoms with van der Waals surface area (Å²) in [6, 6.07) is 14.1. The molecule has 0 aliphatic heterocycles. The zero-order chi connectivity index (χ0) is 17.6. The number of carbonyl (C=O) groups excluding carboxylic acids is 1. The number of methoxy groups -OCH3 is 1. The van der Waals surface area contributed by atoms with Crippen LogP contribution in [0.15, 0.2) is 63.8 Å². The van der Waals surface area contributed by atoms with Crippen LogP contribution in [0.4, 0.5) is 0 Å². The predicted molar refractivity (Wildman–Crippen MR) is 97.5 cm³/mol. The fourth-order valence-electron chi connectivity index (χ4n) is 2.10. The van der Waals surface area contributed by atoms with E-state index < -0.39 is 5.97 Å². The number of ether oxygens (including phenoxy) is 2. The smallest absolute Gasteiger partial charge is 0.379 e. The minimum Gasteiger partial charge on any atom is -0.493 e. The minimum absolute atomic E-state index is 0.105. The summed E-state index contributed by atoms with van der Waals surface area (Å²) >= 11 is 3.15. The number of rotatable bonds is 5. The van der Waals surface area contributed by atoms with Crippen LogP contribution >= 0.6 is 15.9 Å². The maximum Gasteiger partial charge on any atom is 0.379 e. The van der Waals surface area contributed by atoms with Gasteiger partial charge in [0.15, 0.2) is 16.2 Å². The molecule has 0 fully saturated rings. The summed E-state index contributed by atoms with van der Waals surface area (Å²) in [5.41, 5.74) is 1.74. The normalized spacial score (nSPS) is 10.8. The fourth-order valence-corrected chi connectivity index (χ4v) is 2.41. The first kappa shape index (κ1) is 17.0. The molecule has 2 heterocycles. The van der Waals surface area contributed by atoms with E-state index in [2.05, 4.69) is 20.9 Å². The standard InChI is InChI=1S/C19H14BrNO4/c1-23-17-12-13(5-7-14-4-2-3-11-21-14)6-8-15(17)25-19(22)16-9-10-18(20)24-16/h2-12H,1H3/b7-5+. The van der Waals surface area contributed by atoms with Crippen molar-refractivity contribution in [2.75, 3.05) is 7.11 Å². The number of aromatic nitrogens is 1. The van der Waals surface area contributed by atoms with Gasteiger partial charge in [0.05, 0.1) is 12.8 Å². The van der Waals surface area contributed by atoms with Gasteiger partial charge in [-0.1, -0.05) is 18.2 Å². The lowest BCUT2D eigenvalue weighted by Crippen LogP contribution is -2.08. The van der Waals surface area contributed by atoms with Gasteiger partial charge in [0, 0.05) is 6.20 Å². The predicted octanol–water partition coefficient (Wildman–Crippen LogP) is 4.84. The number of hydrogen-bond acceptors (Lipinski definition) is 5. The first-order valence-corrected chi connectivity index (χ1v) is 8.19. The Kier molecular flexibility index (Phi) is 5.30. The average Bonchev–Trinajstić information content (AvgIpc) is 3.08. The van der Waals surface area contributed by atoms with Crippen molar-refractivity contribution in [2.24, 2.45) is 0 Å². The highest BCUT2D eigenvalue weighted by Crippen LogP contribution is 2.30. The van der Waals surface area contributed by atoms with Gasteiger partial charge in [-0.3, -0.25) is 4.98 Å². The molecule has 0 unspecified atom stereocenters. The molecule has 3 rings (SSSR count). The second-order valence-electron chi connectivity index (χ2n) is 4.99. The van der Waals surface area contributed by atoms with Crippen molar-refractivity contribution in [3.63, 3.8) is 0 Å². The Hall–Kier alpha value is -2.86. The van der Waals surface area contributed by atoms with Gasteiger partial charge in [-0.25, -0.2) is 4.79 Å². The van der Waals surface area contributed by atoms with Crippen molar-refractivity contribution in [3.05, 3.63) is 76.4 Å². The van der Waals surface area contributed by atoms with E-state index in [9.17, 15) is 4.79 Å². The number of halogens is 1. The molecule has 0 amide bonds. The van der Waals surface area contributed by atoms with Crippen molar-refractivity contribution in [2.45, 2.75) is 0 Å². The molecular weight excluding hydrogens is 386 g/mol. The van der Waals surface area contributed by atoms with Gasteiger partial charge in [-0.15, -0.1) is 0 Å². The number of furan rings is 1. The molecule has 3 aromatic rings. The second-order valence-corrected chi connectivity index (χ2v) is 5.77. The first-order chi connectivity index (χ1) is 12.2. The van der Waals surface area contributed by atoms with Crippen molar-refractivity contribution in [1.29, 1.82) is 0 Å². The third kappa shape index (κ3) is 4.36. The number of carbonyl (C=O) groups is 1. The van der Waals surface area contributed by atoms with E-state index in [4.69, 9.17) is 13.9 Å². The Morgan fingerprint density at radius 3 is 2.68 bits per heavy atom. The molecule has 0 aliphatic rings. The topological polar surface area (TPSA) is 61.6 Å². The van der Waals surface area contributed by atoms with E-state index in [1.165, 1.54) is 13.2 Å². The number of benzene rings is 1. The molecule has 6 heteroatoms. The number of hydrogen-bond donors (Lipinski definition) is 0. The Balaban J connectivity index is 1.77. The monoisotopic (exact) mass is 399 g/mol. The first-order valence-electron chi connectivity index (χ1n) is 7.40. The SMILES string of the molecule is COc1cc(/C=C/c2ccccn2)ccc1OC(=O)c1ccc(Br)o1. The maximum atomic E-state index is 12.1. The summed E-state index contributed by atoms with van der Waals surface area (Å²) in [6.07, 6.45) is 5.52. The van der Waals surface area contributed by atoms with Crippen LogP contribution in [-0.2, 0) is 0 Å². The molecule has 5 nitrogen and oxygen atoms in total. The lowest BCUT2D eigenvalue weighted by atomic mass is 10.1. The van der Waals surface area contributed by atoms with Gasteiger partial charge in [-0.2, -0.15) is 0 Å². The number of esters is 1. The quantitative estimate of drug-likeness (QED) is 0.453. The zero-order valence-corrected chi connectivity index (χ0v) is 14.9. The highest BCUT2D eigenvalue weighted by atomic mass is 79.9. The van der Waals surface area contributed by atoms with E-state index >= 15 is 0 Å². The van der Waals surface area contributed by atoms with Crippen LogP contribution in [0, 0.1) is 0 Å². The summed E-state index contributed by atoms with van der Waals surface area (Å²) in [5, 5.41) is 0. The summed E-state index contributed by atoms with van der Waals surface area (Å²) in [6.45, 7) is 0. The maximum absolute atomic E-state index is 12.1. The summed E-state index contributed by atoms with van der Waals surface area (Å²) in [4.78, 5) is 16.3. The van der Waals surface area contributed by atoms with Gasteiger partial charge in [0.2, 0.25) is 5.76 Å². The Morgan fingerprint density at radius 2 is 2.00 bits per heavy atom. The third-order valence-electron chi connectivity index (χ3n) is 3.30. The van der Waals surface area contributed by atoms with Crippen LogP contribution in [-0.4, -0.2) is 18.1 Å². The Bertz CT molecular complexity index is 903. The average molecular weight is 400 g/mol. The van der Waals surface area contributed by atoms with Crippen molar-refractivity contribution >= 4 is 34.1 Å². The molecule has 25 heavy (non-hydrogen) atoms. The lowest BCUT2D eigenvalue weighted by Gasteiger charge is -2.09. The van der Waals surface area contributed by atoms with E-state index in [-0.39, 0.29) is 5.76 Å². The molecule has 2 aromatic heterocycles. The fraction of sp³-hybridized carbons (Fsp3) is 0.0526. The highest BCUT2D eigenvalue weighted by Gasteiger charge is 2.16. The molecule has 1 aromatic carbocycles. The van der Waals surface area contributed by atoms with Gasteiger partial charge in [0.25, 0.3) is 0 Å². The van der Waals surface area contributed by atoms with Crippen LogP contribution in [0.3, 0.4) is 0 Å². The van der Waals surface area contributed by atoms with Gasteiger partial charge >= 0.3 is 5.97 Å². The van der Waals surface area contributed by atoms with Gasteiger partial charge < -0.3 is 13.9 Å². The molecule has 0 spiro atoms. The zero-order valence-electron chi connectivity index (χ0n) is 13.3. The molecule has 0 bridgehead atoms. The van der Waals surface area contributed by atoms with Gasteiger partial charge in [-0.05, 0) is 64.0 Å². The molecule has 0 saturated heterocycles. The molecule has 0 radical (unpaired) electrons. The highest BCUT2D eigenvalue weighted by molar-refractivity contribution is 9.10.